The van der Waals surface area contributed by atoms with Gasteiger partial charge >= 0.3 is 6.09 Å². The predicted molar refractivity (Wildman–Crippen MR) is 69.1 cm³/mol. The molecule has 0 aromatic heterocycles. The molecule has 1 N–H and O–H groups in total. The van der Waals surface area contributed by atoms with Gasteiger partial charge in [0.15, 0.2) is 11.6 Å². The molecule has 0 radical (unpaired) electrons. The highest BCUT2D eigenvalue weighted by Gasteiger charge is 2.23. The van der Waals surface area contributed by atoms with Gasteiger partial charge in [-0.05, 0) is 26.8 Å². The molecule has 20 heavy (non-hydrogen) atoms. The molecular formula is C14H17F2NO3. The quantitative estimate of drug-likeness (QED) is 0.865. The first-order valence-electron chi connectivity index (χ1n) is 6.11. The Bertz CT molecular complexity index is 498. The van der Waals surface area contributed by atoms with Crippen molar-refractivity contribution >= 4 is 12.4 Å². The predicted octanol–water partition coefficient (Wildman–Crippen LogP) is 3.12. The molecule has 0 saturated carbocycles. The highest BCUT2D eigenvalue weighted by Crippen LogP contribution is 2.22. The molecule has 0 aliphatic carbocycles. The summed E-state index contributed by atoms with van der Waals surface area (Å²) in [5.41, 5.74) is -0.820. The molecule has 0 spiro atoms. The van der Waals surface area contributed by atoms with Gasteiger partial charge in [0.25, 0.3) is 0 Å². The molecule has 0 aliphatic heterocycles. The van der Waals surface area contributed by atoms with Crippen molar-refractivity contribution in [2.75, 3.05) is 0 Å². The summed E-state index contributed by atoms with van der Waals surface area (Å²) in [7, 11) is 0. The van der Waals surface area contributed by atoms with Gasteiger partial charge in [-0.25, -0.2) is 13.6 Å². The molecule has 4 nitrogen and oxygen atoms in total. The van der Waals surface area contributed by atoms with Crippen molar-refractivity contribution in [3.05, 3.63) is 35.4 Å². The number of hydrogen-bond donors (Lipinski definition) is 1. The van der Waals surface area contributed by atoms with E-state index in [0.29, 0.717) is 6.29 Å². The van der Waals surface area contributed by atoms with Crippen LogP contribution in [0.15, 0.2) is 18.2 Å². The monoisotopic (exact) mass is 285 g/mol. The molecule has 1 amide bonds. The highest BCUT2D eigenvalue weighted by molar-refractivity contribution is 5.69. The number of amides is 1. The van der Waals surface area contributed by atoms with Crippen molar-refractivity contribution in [1.29, 1.82) is 0 Å². The average Bonchev–Trinajstić information content (AvgIpc) is 2.30. The molecule has 1 atom stereocenters. The van der Waals surface area contributed by atoms with Crippen LogP contribution in [-0.4, -0.2) is 18.0 Å². The third kappa shape index (κ3) is 4.60. The van der Waals surface area contributed by atoms with Crippen LogP contribution in [0.2, 0.25) is 0 Å². The topological polar surface area (TPSA) is 55.4 Å². The Hall–Kier alpha value is -1.98. The minimum absolute atomic E-state index is 0.0945. The first kappa shape index (κ1) is 16.1. The fourth-order valence-corrected chi connectivity index (χ4v) is 1.60. The maximum Gasteiger partial charge on any atom is 0.408 e. The molecule has 1 rings (SSSR count). The van der Waals surface area contributed by atoms with Gasteiger partial charge in [0.05, 0.1) is 6.04 Å². The van der Waals surface area contributed by atoms with Crippen LogP contribution in [0.25, 0.3) is 0 Å². The summed E-state index contributed by atoms with van der Waals surface area (Å²) in [5.74, 6) is -2.13. The van der Waals surface area contributed by atoms with Gasteiger partial charge in [-0.15, -0.1) is 0 Å². The molecule has 0 bridgehead atoms. The Morgan fingerprint density at radius 2 is 2.05 bits per heavy atom. The molecule has 6 heteroatoms. The summed E-state index contributed by atoms with van der Waals surface area (Å²) < 4.78 is 31.9. The van der Waals surface area contributed by atoms with Crippen molar-refractivity contribution < 1.29 is 23.1 Å². The van der Waals surface area contributed by atoms with E-state index in [1.54, 1.807) is 20.8 Å². The maximum absolute atomic E-state index is 13.7. The van der Waals surface area contributed by atoms with Gasteiger partial charge in [0.2, 0.25) is 0 Å². The molecule has 0 aliphatic rings. The standard InChI is InChI=1S/C14H17F2NO3/c1-14(2,3)20-13(19)17-11(7-8-18)9-5-4-6-10(15)12(9)16/h4-6,8,11H,7H2,1-3H3,(H,17,19)/t11-/m1/s1. The number of ether oxygens (including phenoxy) is 1. The van der Waals surface area contributed by atoms with Crippen molar-refractivity contribution in [3.63, 3.8) is 0 Å². The van der Waals surface area contributed by atoms with E-state index in [9.17, 15) is 18.4 Å². The zero-order chi connectivity index (χ0) is 15.3. The maximum atomic E-state index is 13.7. The van der Waals surface area contributed by atoms with Crippen LogP contribution in [0, 0.1) is 11.6 Å². The molecule has 0 heterocycles. The summed E-state index contributed by atoms with van der Waals surface area (Å²) in [6, 6.07) is 2.61. The van der Waals surface area contributed by atoms with Gasteiger partial charge < -0.3 is 14.8 Å². The number of halogens is 2. The molecular weight excluding hydrogens is 268 g/mol. The second kappa shape index (κ2) is 6.45. The molecule has 0 fully saturated rings. The Labute approximate surface area is 116 Å². The second-order valence-electron chi connectivity index (χ2n) is 5.24. The summed E-state index contributed by atoms with van der Waals surface area (Å²) in [6.45, 7) is 5.01. The van der Waals surface area contributed by atoms with Gasteiger partial charge in [-0.2, -0.15) is 0 Å². The zero-order valence-electron chi connectivity index (χ0n) is 11.6. The second-order valence-corrected chi connectivity index (χ2v) is 5.24. The van der Waals surface area contributed by atoms with Crippen molar-refractivity contribution in [1.82, 2.24) is 5.32 Å². The number of rotatable bonds is 4. The van der Waals surface area contributed by atoms with Gasteiger partial charge in [-0.1, -0.05) is 12.1 Å². The number of nitrogens with one attached hydrogen (secondary N) is 1. The normalized spacial score (nSPS) is 12.7. The van der Waals surface area contributed by atoms with Crippen LogP contribution in [0.4, 0.5) is 13.6 Å². The Kier molecular flexibility index (Phi) is 5.19. The summed E-state index contributed by atoms with van der Waals surface area (Å²) in [5, 5.41) is 2.36. The van der Waals surface area contributed by atoms with Gasteiger partial charge in [-0.3, -0.25) is 0 Å². The first-order valence-corrected chi connectivity index (χ1v) is 6.11. The van der Waals surface area contributed by atoms with E-state index in [1.807, 2.05) is 0 Å². The number of benzene rings is 1. The lowest BCUT2D eigenvalue weighted by atomic mass is 10.0. The number of carbonyl (C=O) groups excluding carboxylic acids is 2. The van der Waals surface area contributed by atoms with Crippen LogP contribution >= 0.6 is 0 Å². The van der Waals surface area contributed by atoms with Crippen LogP contribution in [-0.2, 0) is 9.53 Å². The number of alkyl carbamates (subject to hydrolysis) is 1. The fourth-order valence-electron chi connectivity index (χ4n) is 1.60. The van der Waals surface area contributed by atoms with Crippen molar-refractivity contribution in [3.8, 4) is 0 Å². The highest BCUT2D eigenvalue weighted by atomic mass is 19.2. The summed E-state index contributed by atoms with van der Waals surface area (Å²) in [6.07, 6.45) is -0.459. The Morgan fingerprint density at radius 1 is 1.40 bits per heavy atom. The van der Waals surface area contributed by atoms with E-state index in [1.165, 1.54) is 12.1 Å². The number of carbonyl (C=O) groups is 2. The molecule has 0 unspecified atom stereocenters. The summed E-state index contributed by atoms with van der Waals surface area (Å²) >= 11 is 0. The number of aldehydes is 1. The van der Waals surface area contributed by atoms with Crippen LogP contribution in [0.1, 0.15) is 38.8 Å². The molecule has 110 valence electrons. The van der Waals surface area contributed by atoms with E-state index in [-0.39, 0.29) is 12.0 Å². The Morgan fingerprint density at radius 3 is 2.60 bits per heavy atom. The first-order chi connectivity index (χ1) is 9.24. The van der Waals surface area contributed by atoms with E-state index in [2.05, 4.69) is 5.32 Å². The fraction of sp³-hybridized carbons (Fsp3) is 0.429. The van der Waals surface area contributed by atoms with E-state index in [4.69, 9.17) is 4.74 Å². The van der Waals surface area contributed by atoms with Crippen LogP contribution in [0.3, 0.4) is 0 Å². The lowest BCUT2D eigenvalue weighted by molar-refractivity contribution is -0.108. The van der Waals surface area contributed by atoms with Crippen molar-refractivity contribution in [2.24, 2.45) is 0 Å². The van der Waals surface area contributed by atoms with Crippen molar-refractivity contribution in [2.45, 2.75) is 38.8 Å². The van der Waals surface area contributed by atoms with E-state index >= 15 is 0 Å². The van der Waals surface area contributed by atoms with Gasteiger partial charge in [0.1, 0.15) is 11.9 Å². The summed E-state index contributed by atoms with van der Waals surface area (Å²) in [4.78, 5) is 22.3. The lowest BCUT2D eigenvalue weighted by Crippen LogP contribution is -2.35. The minimum Gasteiger partial charge on any atom is -0.444 e. The third-order valence-corrected chi connectivity index (χ3v) is 2.38. The smallest absolute Gasteiger partial charge is 0.408 e. The average molecular weight is 285 g/mol. The SMILES string of the molecule is CC(C)(C)OC(=O)N[C@H](CC=O)c1cccc(F)c1F. The largest absolute Gasteiger partial charge is 0.444 e. The Balaban J connectivity index is 2.92. The lowest BCUT2D eigenvalue weighted by Gasteiger charge is -2.23. The minimum atomic E-state index is -1.09. The molecule has 1 aromatic rings. The van der Waals surface area contributed by atoms with Crippen LogP contribution < -0.4 is 5.32 Å². The molecule has 0 saturated heterocycles. The van der Waals surface area contributed by atoms with E-state index in [0.717, 1.165) is 6.07 Å². The molecule has 1 aromatic carbocycles. The van der Waals surface area contributed by atoms with E-state index < -0.39 is 29.4 Å². The third-order valence-electron chi connectivity index (χ3n) is 2.38. The zero-order valence-corrected chi connectivity index (χ0v) is 11.6. The van der Waals surface area contributed by atoms with Gasteiger partial charge in [0, 0.05) is 12.0 Å². The number of hydrogen-bond acceptors (Lipinski definition) is 3. The van der Waals surface area contributed by atoms with Crippen LogP contribution in [0.5, 0.6) is 0 Å².